The number of amides is 1. The molecule has 0 spiro atoms. The van der Waals surface area contributed by atoms with E-state index in [1.54, 1.807) is 69.4 Å². The lowest BCUT2D eigenvalue weighted by molar-refractivity contribution is 0.0577. The van der Waals surface area contributed by atoms with Gasteiger partial charge in [0.05, 0.1) is 36.4 Å². The molecule has 3 aromatic rings. The normalized spacial score (nSPS) is 10.8. The molecular weight excluding hydrogens is 484 g/mol. The summed E-state index contributed by atoms with van der Waals surface area (Å²) in [5, 5.41) is 38.1. The number of rotatable bonds is 9. The minimum atomic E-state index is -0.749. The first-order chi connectivity index (χ1) is 18.2. The first-order valence-corrected chi connectivity index (χ1v) is 12.0. The van der Waals surface area contributed by atoms with Gasteiger partial charge in [-0.15, -0.1) is 0 Å². The lowest BCUT2D eigenvalue weighted by Crippen LogP contribution is -2.36. The first-order valence-electron chi connectivity index (χ1n) is 12.0. The summed E-state index contributed by atoms with van der Waals surface area (Å²) in [5.74, 6) is 0.311. The highest BCUT2D eigenvalue weighted by atomic mass is 16.6. The number of anilines is 1. The van der Waals surface area contributed by atoms with Crippen molar-refractivity contribution in [2.24, 2.45) is 0 Å². The van der Waals surface area contributed by atoms with Gasteiger partial charge in [-0.1, -0.05) is 12.1 Å². The van der Waals surface area contributed by atoms with E-state index < -0.39 is 18.3 Å². The van der Waals surface area contributed by atoms with Crippen molar-refractivity contribution in [3.8, 4) is 17.9 Å². The van der Waals surface area contributed by atoms with Crippen molar-refractivity contribution in [3.63, 3.8) is 0 Å². The highest BCUT2D eigenvalue weighted by Gasteiger charge is 2.26. The molecule has 0 aliphatic rings. The maximum atomic E-state index is 13.2. The molecule has 0 bridgehead atoms. The number of benzene rings is 2. The van der Waals surface area contributed by atoms with E-state index in [1.807, 2.05) is 6.07 Å². The van der Waals surface area contributed by atoms with E-state index in [-0.39, 0.29) is 31.9 Å². The van der Waals surface area contributed by atoms with E-state index in [4.69, 9.17) is 14.7 Å². The number of hydrogen-bond acceptors (Lipinski definition) is 8. The summed E-state index contributed by atoms with van der Waals surface area (Å²) in [6, 6.07) is 17.7. The Balaban J connectivity index is 2.02. The fraction of sp³-hybridized carbons (Fsp3) is 0.310. The van der Waals surface area contributed by atoms with Crippen molar-refractivity contribution in [1.82, 2.24) is 4.98 Å². The second-order valence-electron chi connectivity index (χ2n) is 9.50. The van der Waals surface area contributed by atoms with Gasteiger partial charge in [0.1, 0.15) is 23.7 Å². The monoisotopic (exact) mass is 514 g/mol. The number of nitrogens with zero attached hydrogens (tertiary/aromatic N) is 4. The Labute approximate surface area is 222 Å². The zero-order valence-corrected chi connectivity index (χ0v) is 21.6. The zero-order chi connectivity index (χ0) is 27.7. The molecule has 9 heteroatoms. The number of ether oxygens (including phenoxy) is 2. The van der Waals surface area contributed by atoms with Crippen LogP contribution in [-0.4, -0.2) is 33.5 Å². The number of aliphatic hydroxyl groups is 2. The molecule has 0 fully saturated rings. The van der Waals surface area contributed by atoms with Crippen LogP contribution in [-0.2, 0) is 30.9 Å². The number of aliphatic hydroxyl groups excluding tert-OH is 2. The van der Waals surface area contributed by atoms with E-state index >= 15 is 0 Å². The summed E-state index contributed by atoms with van der Waals surface area (Å²) in [5.41, 5.74) is 2.92. The van der Waals surface area contributed by atoms with Crippen molar-refractivity contribution in [2.75, 3.05) is 11.5 Å². The minimum absolute atomic E-state index is 0.0368. The van der Waals surface area contributed by atoms with Gasteiger partial charge in [-0.25, -0.2) is 4.79 Å². The lowest BCUT2D eigenvalue weighted by Gasteiger charge is -2.28. The SMILES string of the molecule is CC(C)(C)OC(=O)N(Cc1cnc(CO)c(OCc2cccc(C#N)c2)c1CCO)c1ccc(C#N)cc1. The van der Waals surface area contributed by atoms with Gasteiger partial charge in [-0.3, -0.25) is 9.88 Å². The van der Waals surface area contributed by atoms with Gasteiger partial charge in [-0.05, 0) is 74.7 Å². The van der Waals surface area contributed by atoms with E-state index in [0.29, 0.717) is 33.7 Å². The van der Waals surface area contributed by atoms with Gasteiger partial charge in [0.2, 0.25) is 0 Å². The number of aromatic nitrogens is 1. The van der Waals surface area contributed by atoms with Gasteiger partial charge in [0, 0.05) is 24.1 Å². The molecular formula is C29H30N4O5. The van der Waals surface area contributed by atoms with Gasteiger partial charge >= 0.3 is 6.09 Å². The van der Waals surface area contributed by atoms with Crippen LogP contribution in [0.1, 0.15) is 54.3 Å². The molecule has 0 aliphatic heterocycles. The minimum Gasteiger partial charge on any atom is -0.487 e. The number of hydrogen-bond donors (Lipinski definition) is 2. The summed E-state index contributed by atoms with van der Waals surface area (Å²) in [4.78, 5) is 19.0. The van der Waals surface area contributed by atoms with Crippen LogP contribution in [0.4, 0.5) is 10.5 Å². The standard InChI is InChI=1S/C29H30N4O5/c1-29(2,3)38-28(36)33(24-9-7-20(14-30)8-10-24)17-23-16-32-26(18-35)27(25(23)11-12-34)37-19-22-6-4-5-21(13-22)15-31/h4-10,13,16,34-35H,11-12,17-19H2,1-3H3. The highest BCUT2D eigenvalue weighted by molar-refractivity contribution is 5.88. The Hall–Kier alpha value is -4.44. The average molecular weight is 515 g/mol. The van der Waals surface area contributed by atoms with E-state index in [0.717, 1.165) is 5.56 Å². The highest BCUT2D eigenvalue weighted by Crippen LogP contribution is 2.30. The average Bonchev–Trinajstić information content (AvgIpc) is 2.90. The smallest absolute Gasteiger partial charge is 0.415 e. The molecule has 2 N–H and O–H groups in total. The fourth-order valence-electron chi connectivity index (χ4n) is 3.77. The van der Waals surface area contributed by atoms with Crippen molar-refractivity contribution < 1.29 is 24.5 Å². The third-order valence-corrected chi connectivity index (χ3v) is 5.50. The van der Waals surface area contributed by atoms with E-state index in [9.17, 15) is 20.3 Å². The summed E-state index contributed by atoms with van der Waals surface area (Å²) in [6.45, 7) is 4.85. The van der Waals surface area contributed by atoms with Gasteiger partial charge in [0.15, 0.2) is 0 Å². The Kier molecular flexibility index (Phi) is 9.39. The molecule has 1 aromatic heterocycles. The van der Waals surface area contributed by atoms with Gasteiger partial charge in [-0.2, -0.15) is 10.5 Å². The quantitative estimate of drug-likeness (QED) is 0.429. The molecule has 38 heavy (non-hydrogen) atoms. The van der Waals surface area contributed by atoms with Crippen molar-refractivity contribution in [1.29, 1.82) is 10.5 Å². The lowest BCUT2D eigenvalue weighted by atomic mass is 10.0. The zero-order valence-electron chi connectivity index (χ0n) is 21.6. The molecule has 196 valence electrons. The summed E-state index contributed by atoms with van der Waals surface area (Å²) in [6.07, 6.45) is 1.13. The molecule has 0 saturated carbocycles. The molecule has 0 atom stereocenters. The summed E-state index contributed by atoms with van der Waals surface area (Å²) < 4.78 is 11.7. The predicted octanol–water partition coefficient (Wildman–Crippen LogP) is 4.37. The largest absolute Gasteiger partial charge is 0.487 e. The van der Waals surface area contributed by atoms with E-state index in [2.05, 4.69) is 17.1 Å². The Morgan fingerprint density at radius 1 is 1.05 bits per heavy atom. The van der Waals surface area contributed by atoms with Crippen LogP contribution in [0.3, 0.4) is 0 Å². The van der Waals surface area contributed by atoms with Crippen LogP contribution in [0.15, 0.2) is 54.7 Å². The van der Waals surface area contributed by atoms with Crippen LogP contribution in [0, 0.1) is 22.7 Å². The van der Waals surface area contributed by atoms with Crippen molar-refractivity contribution in [2.45, 2.75) is 52.6 Å². The third kappa shape index (κ3) is 7.30. The molecule has 1 heterocycles. The van der Waals surface area contributed by atoms with Crippen LogP contribution in [0.2, 0.25) is 0 Å². The number of nitriles is 2. The van der Waals surface area contributed by atoms with Gasteiger partial charge < -0.3 is 19.7 Å². The Morgan fingerprint density at radius 3 is 2.37 bits per heavy atom. The van der Waals surface area contributed by atoms with E-state index in [1.165, 1.54) is 4.90 Å². The predicted molar refractivity (Wildman–Crippen MR) is 140 cm³/mol. The van der Waals surface area contributed by atoms with Crippen LogP contribution >= 0.6 is 0 Å². The number of carbonyl (C=O) groups is 1. The molecule has 0 saturated heterocycles. The summed E-state index contributed by atoms with van der Waals surface area (Å²) >= 11 is 0. The van der Waals surface area contributed by atoms with Crippen LogP contribution in [0.5, 0.6) is 5.75 Å². The number of pyridine rings is 1. The maximum absolute atomic E-state index is 13.2. The molecule has 2 aromatic carbocycles. The van der Waals surface area contributed by atoms with Crippen LogP contribution in [0.25, 0.3) is 0 Å². The summed E-state index contributed by atoms with van der Waals surface area (Å²) in [7, 11) is 0. The molecule has 3 rings (SSSR count). The molecule has 9 nitrogen and oxygen atoms in total. The third-order valence-electron chi connectivity index (χ3n) is 5.50. The molecule has 1 amide bonds. The second-order valence-corrected chi connectivity index (χ2v) is 9.50. The Morgan fingerprint density at radius 2 is 1.76 bits per heavy atom. The molecule has 0 radical (unpaired) electrons. The first kappa shape index (κ1) is 28.1. The van der Waals surface area contributed by atoms with Crippen LogP contribution < -0.4 is 9.64 Å². The molecule has 0 aliphatic carbocycles. The topological polar surface area (TPSA) is 140 Å². The van der Waals surface area contributed by atoms with Crippen molar-refractivity contribution in [3.05, 3.63) is 88.2 Å². The van der Waals surface area contributed by atoms with Crippen molar-refractivity contribution >= 4 is 11.8 Å². The fourth-order valence-corrected chi connectivity index (χ4v) is 3.77. The maximum Gasteiger partial charge on any atom is 0.415 e. The second kappa shape index (κ2) is 12.7. The van der Waals surface area contributed by atoms with Gasteiger partial charge in [0.25, 0.3) is 0 Å². The number of carbonyl (C=O) groups excluding carboxylic acids is 1. The Bertz CT molecular complexity index is 1350. The molecule has 0 unspecified atom stereocenters.